The van der Waals surface area contributed by atoms with Crippen molar-refractivity contribution >= 4 is 22.4 Å². The largest absolute Gasteiger partial charge is 0.306 e. The molecule has 5 nitrogen and oxygen atoms in total. The molecule has 0 saturated carbocycles. The Hall–Kier alpha value is -1.01. The second-order valence-electron chi connectivity index (χ2n) is 2.91. The van der Waals surface area contributed by atoms with E-state index in [0.717, 1.165) is 18.0 Å². The molecule has 6 heteroatoms. The van der Waals surface area contributed by atoms with Crippen molar-refractivity contribution in [2.24, 2.45) is 0 Å². The molecule has 2 N–H and O–H groups in total. The normalized spacial score (nSPS) is 20.8. The van der Waals surface area contributed by atoms with Crippen LogP contribution in [0.15, 0.2) is 0 Å². The smallest absolute Gasteiger partial charge is 0.243 e. The molecule has 2 heterocycles. The van der Waals surface area contributed by atoms with Gasteiger partial charge in [-0.15, -0.1) is 10.2 Å². The molecule has 1 fully saturated rings. The van der Waals surface area contributed by atoms with E-state index in [1.807, 2.05) is 6.92 Å². The summed E-state index contributed by atoms with van der Waals surface area (Å²) in [5.74, 6) is -0.0117. The predicted molar refractivity (Wildman–Crippen MR) is 49.7 cm³/mol. The number of anilines is 1. The molecule has 13 heavy (non-hydrogen) atoms. The fourth-order valence-electron chi connectivity index (χ4n) is 1.05. The maximum absolute atomic E-state index is 11.4. The second-order valence-corrected chi connectivity index (χ2v) is 4.09. The van der Waals surface area contributed by atoms with Gasteiger partial charge in [0.1, 0.15) is 5.01 Å². The number of amides is 1. The molecule has 0 spiro atoms. The average molecular weight is 198 g/mol. The number of carbonyl (C=O) groups excluding carboxylic acids is 1. The first-order valence-corrected chi connectivity index (χ1v) is 4.92. The van der Waals surface area contributed by atoms with Gasteiger partial charge in [-0.2, -0.15) is 0 Å². The Balaban J connectivity index is 1.93. The van der Waals surface area contributed by atoms with Crippen LogP contribution >= 0.6 is 11.3 Å². The van der Waals surface area contributed by atoms with E-state index in [4.69, 9.17) is 0 Å². The highest BCUT2D eigenvalue weighted by Gasteiger charge is 2.24. The zero-order chi connectivity index (χ0) is 9.26. The molecule has 70 valence electrons. The molecule has 1 aromatic rings. The standard InChI is InChI=1S/C7H10N4OS/c1-4-10-11-7(13-4)9-6(12)5-2-3-8-5/h5,8H,2-3H2,1H3,(H,9,11,12). The van der Waals surface area contributed by atoms with Gasteiger partial charge < -0.3 is 5.32 Å². The zero-order valence-corrected chi connectivity index (χ0v) is 8.02. The Morgan fingerprint density at radius 3 is 2.92 bits per heavy atom. The number of hydrogen-bond acceptors (Lipinski definition) is 5. The molecular weight excluding hydrogens is 188 g/mol. The van der Waals surface area contributed by atoms with Gasteiger partial charge in [0.25, 0.3) is 0 Å². The lowest BCUT2D eigenvalue weighted by Gasteiger charge is -2.25. The van der Waals surface area contributed by atoms with Crippen molar-refractivity contribution in [3.8, 4) is 0 Å². The van der Waals surface area contributed by atoms with Crippen molar-refractivity contribution < 1.29 is 4.79 Å². The van der Waals surface area contributed by atoms with Crippen LogP contribution in [-0.4, -0.2) is 28.7 Å². The third-order valence-electron chi connectivity index (χ3n) is 1.90. The zero-order valence-electron chi connectivity index (χ0n) is 7.20. The van der Waals surface area contributed by atoms with E-state index >= 15 is 0 Å². The van der Waals surface area contributed by atoms with Crippen LogP contribution in [0.2, 0.25) is 0 Å². The monoisotopic (exact) mass is 198 g/mol. The minimum Gasteiger partial charge on any atom is -0.306 e. The van der Waals surface area contributed by atoms with Crippen LogP contribution in [0.4, 0.5) is 5.13 Å². The number of rotatable bonds is 2. The van der Waals surface area contributed by atoms with Crippen molar-refractivity contribution in [2.75, 3.05) is 11.9 Å². The van der Waals surface area contributed by atoms with Gasteiger partial charge in [0.15, 0.2) is 0 Å². The van der Waals surface area contributed by atoms with E-state index in [-0.39, 0.29) is 11.9 Å². The van der Waals surface area contributed by atoms with Gasteiger partial charge >= 0.3 is 0 Å². The van der Waals surface area contributed by atoms with Crippen molar-refractivity contribution in [2.45, 2.75) is 19.4 Å². The second kappa shape index (κ2) is 3.39. The van der Waals surface area contributed by atoms with Gasteiger partial charge in [0, 0.05) is 0 Å². The minimum absolute atomic E-state index is 0.0117. The number of aryl methyl sites for hydroxylation is 1. The molecule has 1 unspecified atom stereocenters. The summed E-state index contributed by atoms with van der Waals surface area (Å²) in [6.45, 7) is 2.78. The van der Waals surface area contributed by atoms with Gasteiger partial charge in [-0.3, -0.25) is 10.1 Å². The number of carbonyl (C=O) groups is 1. The van der Waals surface area contributed by atoms with Crippen LogP contribution in [-0.2, 0) is 4.79 Å². The van der Waals surface area contributed by atoms with Crippen LogP contribution in [0.1, 0.15) is 11.4 Å². The van der Waals surface area contributed by atoms with E-state index in [0.29, 0.717) is 5.13 Å². The number of nitrogens with zero attached hydrogens (tertiary/aromatic N) is 2. The van der Waals surface area contributed by atoms with Crippen molar-refractivity contribution in [1.29, 1.82) is 0 Å². The van der Waals surface area contributed by atoms with Crippen LogP contribution in [0.3, 0.4) is 0 Å². The summed E-state index contributed by atoms with van der Waals surface area (Å²) in [5.41, 5.74) is 0. The van der Waals surface area contributed by atoms with Crippen LogP contribution in [0, 0.1) is 6.92 Å². The molecule has 0 bridgehead atoms. The highest BCUT2D eigenvalue weighted by molar-refractivity contribution is 7.15. The fourth-order valence-corrected chi connectivity index (χ4v) is 1.65. The van der Waals surface area contributed by atoms with Gasteiger partial charge in [-0.05, 0) is 19.9 Å². The highest BCUT2D eigenvalue weighted by atomic mass is 32.1. The number of nitrogens with one attached hydrogen (secondary N) is 2. The summed E-state index contributed by atoms with van der Waals surface area (Å²) < 4.78 is 0. The molecule has 2 rings (SSSR count). The number of aromatic nitrogens is 2. The molecule has 1 atom stereocenters. The van der Waals surface area contributed by atoms with Crippen molar-refractivity contribution in [1.82, 2.24) is 15.5 Å². The summed E-state index contributed by atoms with van der Waals surface area (Å²) in [7, 11) is 0. The summed E-state index contributed by atoms with van der Waals surface area (Å²) in [5, 5.41) is 14.8. The maximum atomic E-state index is 11.4. The Morgan fingerprint density at radius 2 is 2.46 bits per heavy atom. The Kier molecular flexibility index (Phi) is 2.24. The first-order valence-electron chi connectivity index (χ1n) is 4.10. The van der Waals surface area contributed by atoms with E-state index < -0.39 is 0 Å². The Labute approximate surface area is 79.6 Å². The summed E-state index contributed by atoms with van der Waals surface area (Å²) in [6.07, 6.45) is 0.906. The van der Waals surface area contributed by atoms with Gasteiger partial charge in [-0.1, -0.05) is 11.3 Å². The maximum Gasteiger partial charge on any atom is 0.243 e. The first-order chi connectivity index (χ1) is 6.25. The van der Waals surface area contributed by atoms with Crippen LogP contribution in [0.25, 0.3) is 0 Å². The third-order valence-corrected chi connectivity index (χ3v) is 2.65. The molecular formula is C7H10N4OS. The van der Waals surface area contributed by atoms with E-state index in [9.17, 15) is 4.79 Å². The van der Waals surface area contributed by atoms with Gasteiger partial charge in [-0.25, -0.2) is 0 Å². The van der Waals surface area contributed by atoms with Crippen LogP contribution < -0.4 is 10.6 Å². The highest BCUT2D eigenvalue weighted by Crippen LogP contribution is 2.14. The molecule has 1 aromatic heterocycles. The molecule has 0 aliphatic carbocycles. The van der Waals surface area contributed by atoms with Gasteiger partial charge in [0.2, 0.25) is 11.0 Å². The molecule has 1 aliphatic heterocycles. The van der Waals surface area contributed by atoms with Crippen molar-refractivity contribution in [3.05, 3.63) is 5.01 Å². The average Bonchev–Trinajstić information content (AvgIpc) is 2.31. The van der Waals surface area contributed by atoms with Crippen LogP contribution in [0.5, 0.6) is 0 Å². The molecule has 1 aliphatic rings. The fraction of sp³-hybridized carbons (Fsp3) is 0.571. The Bertz CT molecular complexity index is 320. The lowest BCUT2D eigenvalue weighted by Crippen LogP contribution is -2.50. The molecule has 0 radical (unpaired) electrons. The van der Waals surface area contributed by atoms with E-state index in [1.54, 1.807) is 0 Å². The van der Waals surface area contributed by atoms with Crippen molar-refractivity contribution in [3.63, 3.8) is 0 Å². The van der Waals surface area contributed by atoms with E-state index in [2.05, 4.69) is 20.8 Å². The molecule has 1 saturated heterocycles. The Morgan fingerprint density at radius 1 is 1.69 bits per heavy atom. The lowest BCUT2D eigenvalue weighted by molar-refractivity contribution is -0.119. The molecule has 1 amide bonds. The third kappa shape index (κ3) is 1.84. The van der Waals surface area contributed by atoms with E-state index in [1.165, 1.54) is 11.3 Å². The first kappa shape index (κ1) is 8.58. The quantitative estimate of drug-likeness (QED) is 0.709. The summed E-state index contributed by atoms with van der Waals surface area (Å²) in [6, 6.07) is -0.0378. The number of hydrogen-bond donors (Lipinski definition) is 2. The summed E-state index contributed by atoms with van der Waals surface area (Å²) >= 11 is 1.39. The molecule has 0 aromatic carbocycles. The topological polar surface area (TPSA) is 66.9 Å². The van der Waals surface area contributed by atoms with Gasteiger partial charge in [0.05, 0.1) is 6.04 Å². The SMILES string of the molecule is Cc1nnc(NC(=O)C2CCN2)s1. The minimum atomic E-state index is -0.0378. The predicted octanol–water partition coefficient (Wildman–Crippen LogP) is 0.147. The summed E-state index contributed by atoms with van der Waals surface area (Å²) in [4.78, 5) is 11.4. The lowest BCUT2D eigenvalue weighted by atomic mass is 10.1.